The van der Waals surface area contributed by atoms with Gasteiger partial charge in [-0.2, -0.15) is 5.10 Å². The molecule has 106 valence electrons. The molecule has 0 saturated carbocycles. The highest BCUT2D eigenvalue weighted by Gasteiger charge is 2.15. The molecule has 0 fully saturated rings. The Kier molecular flexibility index (Phi) is 4.24. The summed E-state index contributed by atoms with van der Waals surface area (Å²) in [6.45, 7) is 3.10. The highest BCUT2D eigenvalue weighted by atomic mass is 16.5. The van der Waals surface area contributed by atoms with Crippen LogP contribution < -0.4 is 10.1 Å². The number of aromatic nitrogens is 2. The number of rotatable bonds is 6. The van der Waals surface area contributed by atoms with Gasteiger partial charge in [-0.3, -0.25) is 4.68 Å². The van der Waals surface area contributed by atoms with Crippen molar-refractivity contribution in [3.63, 3.8) is 0 Å². The normalized spacial score (nSPS) is 10.3. The number of benzene rings is 1. The van der Waals surface area contributed by atoms with Crippen LogP contribution in [0, 0.1) is 0 Å². The molecular weight excluding hydrogens is 258 g/mol. The van der Waals surface area contributed by atoms with Gasteiger partial charge in [-0.25, -0.2) is 4.79 Å². The number of ether oxygens (including phenoxy) is 1. The molecule has 0 bridgehead atoms. The fourth-order valence-electron chi connectivity index (χ4n) is 1.89. The lowest BCUT2D eigenvalue weighted by Gasteiger charge is -2.07. The second-order valence-corrected chi connectivity index (χ2v) is 4.27. The molecule has 2 N–H and O–H groups in total. The van der Waals surface area contributed by atoms with Gasteiger partial charge in [0.15, 0.2) is 5.69 Å². The maximum atomic E-state index is 11.1. The minimum absolute atomic E-state index is 0.149. The molecule has 6 nitrogen and oxygen atoms in total. The number of nitrogens with one attached hydrogen (secondary N) is 1. The van der Waals surface area contributed by atoms with Crippen molar-refractivity contribution in [3.05, 3.63) is 41.7 Å². The summed E-state index contributed by atoms with van der Waals surface area (Å²) < 4.78 is 6.70. The van der Waals surface area contributed by atoms with Crippen molar-refractivity contribution in [1.29, 1.82) is 0 Å². The first-order valence-corrected chi connectivity index (χ1v) is 6.32. The molecule has 1 aromatic carbocycles. The molecule has 0 atom stereocenters. The number of hydrogen-bond acceptors (Lipinski definition) is 4. The van der Waals surface area contributed by atoms with Crippen molar-refractivity contribution >= 4 is 11.7 Å². The molecule has 2 aromatic rings. The van der Waals surface area contributed by atoms with Gasteiger partial charge in [0.05, 0.1) is 18.5 Å². The molecule has 0 aliphatic heterocycles. The third-order valence-electron chi connectivity index (χ3n) is 2.86. The first-order valence-electron chi connectivity index (χ1n) is 6.32. The van der Waals surface area contributed by atoms with Crippen LogP contribution in [-0.2, 0) is 13.6 Å². The van der Waals surface area contributed by atoms with Crippen LogP contribution in [0.5, 0.6) is 5.75 Å². The van der Waals surface area contributed by atoms with Crippen LogP contribution >= 0.6 is 0 Å². The molecule has 0 aliphatic carbocycles. The fraction of sp³-hybridized carbons (Fsp3) is 0.286. The monoisotopic (exact) mass is 275 g/mol. The lowest BCUT2D eigenvalue weighted by molar-refractivity contribution is 0.0686. The van der Waals surface area contributed by atoms with E-state index in [1.165, 1.54) is 10.9 Å². The predicted molar refractivity (Wildman–Crippen MR) is 75.1 cm³/mol. The van der Waals surface area contributed by atoms with Crippen molar-refractivity contribution in [2.45, 2.75) is 13.5 Å². The maximum absolute atomic E-state index is 11.1. The van der Waals surface area contributed by atoms with Crippen LogP contribution in [0.4, 0.5) is 5.69 Å². The predicted octanol–water partition coefficient (Wildman–Crippen LogP) is 2.13. The second-order valence-electron chi connectivity index (χ2n) is 4.27. The molecule has 0 saturated heterocycles. The number of carboxylic acids is 1. The summed E-state index contributed by atoms with van der Waals surface area (Å²) in [6, 6.07) is 7.66. The van der Waals surface area contributed by atoms with Crippen molar-refractivity contribution < 1.29 is 14.6 Å². The van der Waals surface area contributed by atoms with E-state index in [-0.39, 0.29) is 5.69 Å². The number of carbonyl (C=O) groups is 1. The molecule has 1 heterocycles. The van der Waals surface area contributed by atoms with Gasteiger partial charge in [-0.05, 0) is 24.6 Å². The van der Waals surface area contributed by atoms with Crippen molar-refractivity contribution in [2.24, 2.45) is 7.05 Å². The molecule has 0 aliphatic rings. The van der Waals surface area contributed by atoms with E-state index in [1.54, 1.807) is 7.05 Å². The minimum Gasteiger partial charge on any atom is -0.494 e. The van der Waals surface area contributed by atoms with Crippen LogP contribution in [-0.4, -0.2) is 27.5 Å². The van der Waals surface area contributed by atoms with Gasteiger partial charge in [0, 0.05) is 13.6 Å². The van der Waals surface area contributed by atoms with Crippen LogP contribution in [0.1, 0.15) is 23.0 Å². The van der Waals surface area contributed by atoms with E-state index in [0.29, 0.717) is 18.8 Å². The Balaban J connectivity index is 2.03. The molecule has 20 heavy (non-hydrogen) atoms. The van der Waals surface area contributed by atoms with Crippen LogP contribution in [0.2, 0.25) is 0 Å². The zero-order chi connectivity index (χ0) is 14.5. The first-order chi connectivity index (χ1) is 9.61. The average Bonchev–Trinajstić information content (AvgIpc) is 2.79. The Morgan fingerprint density at radius 2 is 2.10 bits per heavy atom. The Morgan fingerprint density at radius 1 is 1.40 bits per heavy atom. The number of hydrogen-bond donors (Lipinski definition) is 2. The zero-order valence-corrected chi connectivity index (χ0v) is 11.5. The van der Waals surface area contributed by atoms with Crippen LogP contribution in [0.3, 0.4) is 0 Å². The van der Waals surface area contributed by atoms with Gasteiger partial charge in [0.2, 0.25) is 0 Å². The Labute approximate surface area is 117 Å². The van der Waals surface area contributed by atoms with Gasteiger partial charge in [-0.15, -0.1) is 0 Å². The topological polar surface area (TPSA) is 76.4 Å². The summed E-state index contributed by atoms with van der Waals surface area (Å²) in [7, 11) is 1.60. The highest BCUT2D eigenvalue weighted by Crippen LogP contribution is 2.17. The number of nitrogens with zero attached hydrogens (tertiary/aromatic N) is 2. The lowest BCUT2D eigenvalue weighted by atomic mass is 10.2. The van der Waals surface area contributed by atoms with Crippen molar-refractivity contribution in [3.8, 4) is 5.75 Å². The summed E-state index contributed by atoms with van der Waals surface area (Å²) in [6.07, 6.45) is 1.51. The quantitative estimate of drug-likeness (QED) is 0.844. The molecule has 1 aromatic heterocycles. The molecule has 0 spiro atoms. The summed E-state index contributed by atoms with van der Waals surface area (Å²) in [4.78, 5) is 11.1. The van der Waals surface area contributed by atoms with Gasteiger partial charge in [-0.1, -0.05) is 12.1 Å². The van der Waals surface area contributed by atoms with Crippen molar-refractivity contribution in [1.82, 2.24) is 9.78 Å². The maximum Gasteiger partial charge on any atom is 0.356 e. The van der Waals surface area contributed by atoms with E-state index in [4.69, 9.17) is 9.84 Å². The number of aryl methyl sites for hydroxylation is 1. The fourth-order valence-corrected chi connectivity index (χ4v) is 1.89. The molecule has 0 amide bonds. The zero-order valence-electron chi connectivity index (χ0n) is 11.5. The Hall–Kier alpha value is -2.50. The van der Waals surface area contributed by atoms with E-state index in [0.717, 1.165) is 11.3 Å². The molecule has 0 unspecified atom stereocenters. The van der Waals surface area contributed by atoms with E-state index in [1.807, 2.05) is 31.2 Å². The van der Waals surface area contributed by atoms with E-state index < -0.39 is 5.97 Å². The molecule has 0 radical (unpaired) electrons. The number of anilines is 1. The van der Waals surface area contributed by atoms with Crippen LogP contribution in [0.25, 0.3) is 0 Å². The third-order valence-corrected chi connectivity index (χ3v) is 2.86. The summed E-state index contributed by atoms with van der Waals surface area (Å²) in [5.74, 6) is -0.178. The minimum atomic E-state index is -1.00. The largest absolute Gasteiger partial charge is 0.494 e. The van der Waals surface area contributed by atoms with E-state index in [2.05, 4.69) is 10.4 Å². The van der Waals surface area contributed by atoms with Gasteiger partial charge < -0.3 is 15.2 Å². The molecule has 2 rings (SSSR count). The number of aromatic carboxylic acids is 1. The van der Waals surface area contributed by atoms with Crippen LogP contribution in [0.15, 0.2) is 30.5 Å². The van der Waals surface area contributed by atoms with Gasteiger partial charge in [0.1, 0.15) is 5.75 Å². The summed E-state index contributed by atoms with van der Waals surface area (Å²) in [5.41, 5.74) is 1.69. The van der Waals surface area contributed by atoms with Gasteiger partial charge in [0.25, 0.3) is 0 Å². The lowest BCUT2D eigenvalue weighted by Crippen LogP contribution is -2.09. The van der Waals surface area contributed by atoms with E-state index >= 15 is 0 Å². The molecular formula is C14H17N3O3. The van der Waals surface area contributed by atoms with E-state index in [9.17, 15) is 4.79 Å². The highest BCUT2D eigenvalue weighted by molar-refractivity contribution is 5.92. The molecule has 6 heteroatoms. The second kappa shape index (κ2) is 6.10. The number of carboxylic acid groups (broad SMARTS) is 1. The summed E-state index contributed by atoms with van der Waals surface area (Å²) >= 11 is 0. The summed E-state index contributed by atoms with van der Waals surface area (Å²) in [5, 5.41) is 16.1. The SMILES string of the molecule is CCOc1ccc(CNc2cnn(C)c2C(=O)O)cc1. The van der Waals surface area contributed by atoms with Crippen molar-refractivity contribution in [2.75, 3.05) is 11.9 Å². The Morgan fingerprint density at radius 3 is 2.70 bits per heavy atom. The smallest absolute Gasteiger partial charge is 0.356 e. The third kappa shape index (κ3) is 3.09. The van der Waals surface area contributed by atoms with Gasteiger partial charge >= 0.3 is 5.97 Å². The average molecular weight is 275 g/mol. The standard InChI is InChI=1S/C14H17N3O3/c1-3-20-11-6-4-10(5-7-11)8-15-12-9-16-17(2)13(12)14(18)19/h4-7,9,15H,3,8H2,1-2H3,(H,18,19). The first kappa shape index (κ1) is 13.9. The Bertz CT molecular complexity index is 590.